The first kappa shape index (κ1) is 6.95. The van der Waals surface area contributed by atoms with E-state index >= 15 is 0 Å². The summed E-state index contributed by atoms with van der Waals surface area (Å²) in [6.45, 7) is 4.02. The number of thioether (sulfide) groups is 1. The SMILES string of the molecule is CCC12COC(OC1)SC2. The van der Waals surface area contributed by atoms with Crippen LogP contribution in [0.25, 0.3) is 0 Å². The van der Waals surface area contributed by atoms with Crippen LogP contribution in [-0.4, -0.2) is 24.6 Å². The van der Waals surface area contributed by atoms with E-state index in [9.17, 15) is 0 Å². The van der Waals surface area contributed by atoms with Crippen molar-refractivity contribution in [3.63, 3.8) is 0 Å². The van der Waals surface area contributed by atoms with E-state index < -0.39 is 0 Å². The normalized spacial score (nSPS) is 45.9. The second-order valence-corrected chi connectivity index (χ2v) is 4.08. The molecule has 3 saturated heterocycles. The maximum Gasteiger partial charge on any atom is 0.206 e. The summed E-state index contributed by atoms with van der Waals surface area (Å²) in [6, 6.07) is 0. The number of ether oxygens (including phenoxy) is 2. The van der Waals surface area contributed by atoms with Crippen LogP contribution in [0.2, 0.25) is 0 Å². The second-order valence-electron chi connectivity index (χ2n) is 3.08. The van der Waals surface area contributed by atoms with Gasteiger partial charge < -0.3 is 9.47 Å². The van der Waals surface area contributed by atoms with Crippen molar-refractivity contribution in [2.24, 2.45) is 5.41 Å². The minimum atomic E-state index is 0.0495. The Hall–Kier alpha value is 0.270. The summed E-state index contributed by atoms with van der Waals surface area (Å²) in [6.07, 6.45) is 1.17. The second kappa shape index (κ2) is 2.40. The maximum absolute atomic E-state index is 5.41. The Morgan fingerprint density at radius 3 is 2.50 bits per heavy atom. The average molecular weight is 160 g/mol. The highest BCUT2D eigenvalue weighted by Crippen LogP contribution is 2.41. The van der Waals surface area contributed by atoms with Crippen LogP contribution in [-0.2, 0) is 9.47 Å². The van der Waals surface area contributed by atoms with E-state index in [2.05, 4.69) is 6.92 Å². The first-order chi connectivity index (χ1) is 4.85. The zero-order valence-corrected chi connectivity index (χ0v) is 6.95. The van der Waals surface area contributed by atoms with Gasteiger partial charge in [-0.1, -0.05) is 6.92 Å². The van der Waals surface area contributed by atoms with Gasteiger partial charge in [0.05, 0.1) is 13.2 Å². The van der Waals surface area contributed by atoms with Crippen LogP contribution in [0, 0.1) is 5.41 Å². The van der Waals surface area contributed by atoms with Gasteiger partial charge in [-0.25, -0.2) is 0 Å². The average Bonchev–Trinajstić information content (AvgIpc) is 2.08. The van der Waals surface area contributed by atoms with Gasteiger partial charge in [-0.15, -0.1) is 11.8 Å². The van der Waals surface area contributed by atoms with E-state index in [0.29, 0.717) is 5.41 Å². The fraction of sp³-hybridized carbons (Fsp3) is 1.00. The van der Waals surface area contributed by atoms with Gasteiger partial charge in [0.15, 0.2) is 0 Å². The molecule has 3 fully saturated rings. The third kappa shape index (κ3) is 0.966. The van der Waals surface area contributed by atoms with Crippen LogP contribution in [0.5, 0.6) is 0 Å². The molecule has 0 aromatic carbocycles. The van der Waals surface area contributed by atoms with Gasteiger partial charge in [0, 0.05) is 11.2 Å². The van der Waals surface area contributed by atoms with Crippen LogP contribution in [0.4, 0.5) is 0 Å². The highest BCUT2D eigenvalue weighted by atomic mass is 32.2. The van der Waals surface area contributed by atoms with Gasteiger partial charge in [-0.2, -0.15) is 0 Å². The van der Waals surface area contributed by atoms with E-state index in [4.69, 9.17) is 9.47 Å². The fourth-order valence-corrected chi connectivity index (χ4v) is 2.50. The predicted molar refractivity (Wildman–Crippen MR) is 40.9 cm³/mol. The van der Waals surface area contributed by atoms with Crippen LogP contribution >= 0.6 is 11.8 Å². The Morgan fingerprint density at radius 2 is 2.20 bits per heavy atom. The summed E-state index contributed by atoms with van der Waals surface area (Å²) in [7, 11) is 0. The largest absolute Gasteiger partial charge is 0.343 e. The minimum absolute atomic E-state index is 0.0495. The number of hydrogen-bond acceptors (Lipinski definition) is 3. The highest BCUT2D eigenvalue weighted by Gasteiger charge is 2.41. The molecule has 0 saturated carbocycles. The Kier molecular flexibility index (Phi) is 1.66. The molecule has 0 N–H and O–H groups in total. The van der Waals surface area contributed by atoms with Gasteiger partial charge in [0.2, 0.25) is 5.62 Å². The first-order valence-electron chi connectivity index (χ1n) is 3.69. The molecule has 3 heterocycles. The molecule has 0 unspecified atom stereocenters. The molecule has 0 aliphatic carbocycles. The molecule has 0 amide bonds. The smallest absolute Gasteiger partial charge is 0.206 e. The molecule has 2 nitrogen and oxygen atoms in total. The molecule has 58 valence electrons. The van der Waals surface area contributed by atoms with Gasteiger partial charge in [-0.05, 0) is 6.42 Å². The van der Waals surface area contributed by atoms with E-state index in [1.54, 1.807) is 11.8 Å². The molecule has 10 heavy (non-hydrogen) atoms. The molecule has 3 rings (SSSR count). The lowest BCUT2D eigenvalue weighted by Gasteiger charge is -2.44. The van der Waals surface area contributed by atoms with Crippen LogP contribution < -0.4 is 0 Å². The molecular formula is C7H12O2S. The summed E-state index contributed by atoms with van der Waals surface area (Å²) in [5.41, 5.74) is 0.396. The van der Waals surface area contributed by atoms with Crippen molar-refractivity contribution in [1.29, 1.82) is 0 Å². The Balaban J connectivity index is 2.08. The molecule has 2 bridgehead atoms. The summed E-state index contributed by atoms with van der Waals surface area (Å²) in [4.78, 5) is 0. The zero-order valence-electron chi connectivity index (χ0n) is 6.13. The number of fused-ring (bicyclic) bond motifs is 3. The van der Waals surface area contributed by atoms with E-state index in [0.717, 1.165) is 13.2 Å². The monoisotopic (exact) mass is 160 g/mol. The lowest BCUT2D eigenvalue weighted by Crippen LogP contribution is -2.47. The molecule has 0 spiro atoms. The lowest BCUT2D eigenvalue weighted by atomic mass is 9.89. The van der Waals surface area contributed by atoms with Crippen LogP contribution in [0.15, 0.2) is 0 Å². The van der Waals surface area contributed by atoms with Crippen LogP contribution in [0.1, 0.15) is 13.3 Å². The van der Waals surface area contributed by atoms with Gasteiger partial charge >= 0.3 is 0 Å². The summed E-state index contributed by atoms with van der Waals surface area (Å²) >= 11 is 1.79. The van der Waals surface area contributed by atoms with Crippen molar-refractivity contribution in [2.45, 2.75) is 19.0 Å². The third-order valence-electron chi connectivity index (χ3n) is 2.33. The van der Waals surface area contributed by atoms with Crippen molar-refractivity contribution in [3.8, 4) is 0 Å². The van der Waals surface area contributed by atoms with E-state index in [1.165, 1.54) is 12.2 Å². The fourth-order valence-electron chi connectivity index (χ4n) is 1.31. The summed E-state index contributed by atoms with van der Waals surface area (Å²) < 4.78 is 10.8. The standard InChI is InChI=1S/C7H12O2S/c1-2-7-3-8-6(9-4-7)10-5-7/h6H,2-5H2,1H3. The maximum atomic E-state index is 5.41. The van der Waals surface area contributed by atoms with E-state index in [-0.39, 0.29) is 5.62 Å². The molecular weight excluding hydrogens is 148 g/mol. The molecule has 3 aliphatic rings. The van der Waals surface area contributed by atoms with Crippen molar-refractivity contribution in [3.05, 3.63) is 0 Å². The predicted octanol–water partition coefficient (Wildman–Crippen LogP) is 1.46. The Morgan fingerprint density at radius 1 is 1.50 bits per heavy atom. The van der Waals surface area contributed by atoms with Crippen molar-refractivity contribution < 1.29 is 9.47 Å². The molecule has 0 aromatic heterocycles. The first-order valence-corrected chi connectivity index (χ1v) is 4.74. The molecule has 0 radical (unpaired) electrons. The zero-order chi connectivity index (χ0) is 7.03. The van der Waals surface area contributed by atoms with Gasteiger partial charge in [0.1, 0.15) is 0 Å². The number of rotatable bonds is 1. The van der Waals surface area contributed by atoms with Gasteiger partial charge in [0.25, 0.3) is 0 Å². The Labute approximate surface area is 65.3 Å². The molecule has 0 aromatic rings. The summed E-state index contributed by atoms with van der Waals surface area (Å²) in [5, 5.41) is 0. The molecule has 3 aliphatic heterocycles. The van der Waals surface area contributed by atoms with Gasteiger partial charge in [-0.3, -0.25) is 0 Å². The van der Waals surface area contributed by atoms with E-state index in [1.807, 2.05) is 0 Å². The lowest BCUT2D eigenvalue weighted by molar-refractivity contribution is -0.190. The number of hydrogen-bond donors (Lipinski definition) is 0. The van der Waals surface area contributed by atoms with Crippen molar-refractivity contribution >= 4 is 11.8 Å². The van der Waals surface area contributed by atoms with Crippen LogP contribution in [0.3, 0.4) is 0 Å². The summed E-state index contributed by atoms with van der Waals surface area (Å²) in [5.74, 6) is 1.22. The van der Waals surface area contributed by atoms with Crippen molar-refractivity contribution in [1.82, 2.24) is 0 Å². The molecule has 0 atom stereocenters. The minimum Gasteiger partial charge on any atom is -0.343 e. The highest BCUT2D eigenvalue weighted by molar-refractivity contribution is 7.99. The van der Waals surface area contributed by atoms with Crippen molar-refractivity contribution in [2.75, 3.05) is 19.0 Å². The quantitative estimate of drug-likeness (QED) is 0.578. The topological polar surface area (TPSA) is 18.5 Å². The Bertz CT molecular complexity index is 116. The third-order valence-corrected chi connectivity index (χ3v) is 3.65. The molecule has 3 heteroatoms.